The minimum Gasteiger partial charge on any atom is -0.451 e. The summed E-state index contributed by atoms with van der Waals surface area (Å²) in [6, 6.07) is 14.1. The molecule has 1 aliphatic carbocycles. The number of rotatable bonds is 4. The Kier molecular flexibility index (Phi) is 4.44. The van der Waals surface area contributed by atoms with E-state index in [-0.39, 0.29) is 6.42 Å². The zero-order chi connectivity index (χ0) is 19.2. The molecule has 1 heterocycles. The maximum Gasteiger partial charge on any atom is 0.338 e. The summed E-state index contributed by atoms with van der Waals surface area (Å²) >= 11 is 6.06. The number of fused-ring (bicyclic) bond motifs is 1. The van der Waals surface area contributed by atoms with E-state index in [9.17, 15) is 9.59 Å². The quantitative estimate of drug-likeness (QED) is 0.591. The highest BCUT2D eigenvalue weighted by molar-refractivity contribution is 6.20. The number of aryl methyl sites for hydroxylation is 2. The lowest BCUT2D eigenvalue weighted by molar-refractivity contribution is -0.00786. The highest BCUT2D eigenvalue weighted by Crippen LogP contribution is 2.56. The standard InChI is InChI=1S/C21H19ClO5/c1-12-3-7-14(8-4-12)19(23)26-18-17-21(18,11-16(22)25-17)27-20(24)15-9-5-13(2)6-10-15/h3-10,16-18H,11H2,1-2H3/t16-,17+,18?,21-/m0/s1. The molecular formula is C21H19ClO5. The fourth-order valence-electron chi connectivity index (χ4n) is 3.34. The van der Waals surface area contributed by atoms with Crippen LogP contribution in [0.1, 0.15) is 38.3 Å². The SMILES string of the molecule is Cc1ccc(C(=O)OC2[C@H]3O[C@H](Cl)C[C@@]23OC(=O)c2ccc(C)cc2)cc1. The molecule has 0 aromatic heterocycles. The summed E-state index contributed by atoms with van der Waals surface area (Å²) in [5.74, 6) is -0.960. The van der Waals surface area contributed by atoms with Gasteiger partial charge in [-0.15, -0.1) is 0 Å². The number of alkyl halides is 1. The first-order valence-corrected chi connectivity index (χ1v) is 9.20. The largest absolute Gasteiger partial charge is 0.451 e. The minimum absolute atomic E-state index is 0.280. The van der Waals surface area contributed by atoms with Crippen molar-refractivity contribution in [1.82, 2.24) is 0 Å². The second-order valence-electron chi connectivity index (χ2n) is 7.07. The summed E-state index contributed by atoms with van der Waals surface area (Å²) in [5.41, 5.74) is 1.37. The first kappa shape index (κ1) is 18.0. The molecule has 5 nitrogen and oxygen atoms in total. The number of carbonyl (C=O) groups is 2. The summed E-state index contributed by atoms with van der Waals surface area (Å²) in [6.45, 7) is 3.88. The van der Waals surface area contributed by atoms with E-state index in [1.165, 1.54) is 0 Å². The predicted molar refractivity (Wildman–Crippen MR) is 98.8 cm³/mol. The van der Waals surface area contributed by atoms with Gasteiger partial charge in [0.1, 0.15) is 11.7 Å². The molecule has 6 heteroatoms. The maximum atomic E-state index is 12.5. The van der Waals surface area contributed by atoms with Crippen LogP contribution in [0.15, 0.2) is 48.5 Å². The molecule has 1 aliphatic heterocycles. The van der Waals surface area contributed by atoms with E-state index in [1.54, 1.807) is 24.3 Å². The van der Waals surface area contributed by atoms with Crippen LogP contribution in [-0.2, 0) is 14.2 Å². The van der Waals surface area contributed by atoms with E-state index >= 15 is 0 Å². The van der Waals surface area contributed by atoms with Gasteiger partial charge in [0.05, 0.1) is 11.1 Å². The van der Waals surface area contributed by atoms with E-state index in [0.717, 1.165) is 11.1 Å². The third-order valence-corrected chi connectivity index (χ3v) is 5.25. The smallest absolute Gasteiger partial charge is 0.338 e. The van der Waals surface area contributed by atoms with Gasteiger partial charge < -0.3 is 14.2 Å². The predicted octanol–water partition coefficient (Wildman–Crippen LogP) is 3.79. The summed E-state index contributed by atoms with van der Waals surface area (Å²) in [4.78, 5) is 24.9. The molecule has 2 aromatic carbocycles. The molecule has 1 saturated carbocycles. The van der Waals surface area contributed by atoms with Crippen LogP contribution in [0.25, 0.3) is 0 Å². The molecule has 140 valence electrons. The summed E-state index contributed by atoms with van der Waals surface area (Å²) < 4.78 is 16.8. The normalized spacial score (nSPS) is 28.3. The molecule has 0 N–H and O–H groups in total. The van der Waals surface area contributed by atoms with Gasteiger partial charge in [0.25, 0.3) is 0 Å². The first-order valence-electron chi connectivity index (χ1n) is 8.76. The molecule has 0 bridgehead atoms. The lowest BCUT2D eigenvalue weighted by Gasteiger charge is -2.17. The van der Waals surface area contributed by atoms with Crippen molar-refractivity contribution in [2.24, 2.45) is 0 Å². The molecule has 4 atom stereocenters. The number of hydrogen-bond acceptors (Lipinski definition) is 5. The van der Waals surface area contributed by atoms with Gasteiger partial charge in [-0.3, -0.25) is 0 Å². The highest BCUT2D eigenvalue weighted by Gasteiger charge is 2.77. The Morgan fingerprint density at radius 2 is 1.48 bits per heavy atom. The van der Waals surface area contributed by atoms with Crippen LogP contribution in [0.5, 0.6) is 0 Å². The maximum absolute atomic E-state index is 12.5. The molecule has 2 aliphatic rings. The zero-order valence-corrected chi connectivity index (χ0v) is 15.7. The van der Waals surface area contributed by atoms with E-state index in [2.05, 4.69) is 0 Å². The third-order valence-electron chi connectivity index (χ3n) is 4.99. The lowest BCUT2D eigenvalue weighted by atomic mass is 10.1. The van der Waals surface area contributed by atoms with Gasteiger partial charge in [-0.1, -0.05) is 47.0 Å². The highest BCUT2D eigenvalue weighted by atomic mass is 35.5. The molecule has 4 rings (SSSR count). The van der Waals surface area contributed by atoms with Crippen molar-refractivity contribution in [3.8, 4) is 0 Å². The Hall–Kier alpha value is -2.37. The van der Waals surface area contributed by atoms with Crippen molar-refractivity contribution < 1.29 is 23.8 Å². The van der Waals surface area contributed by atoms with Crippen molar-refractivity contribution in [2.75, 3.05) is 0 Å². The summed E-state index contributed by atoms with van der Waals surface area (Å²) in [6.07, 6.45) is -0.914. The van der Waals surface area contributed by atoms with Crippen LogP contribution in [0.4, 0.5) is 0 Å². The van der Waals surface area contributed by atoms with Crippen LogP contribution >= 0.6 is 11.6 Å². The number of carbonyl (C=O) groups excluding carboxylic acids is 2. The van der Waals surface area contributed by atoms with Gasteiger partial charge in [0.2, 0.25) is 0 Å². The second-order valence-corrected chi connectivity index (χ2v) is 7.56. The average molecular weight is 387 g/mol. The van der Waals surface area contributed by atoms with Gasteiger partial charge >= 0.3 is 11.9 Å². The monoisotopic (exact) mass is 386 g/mol. The molecule has 0 spiro atoms. The molecule has 0 amide bonds. The lowest BCUT2D eigenvalue weighted by Crippen LogP contribution is -2.28. The number of benzene rings is 2. The topological polar surface area (TPSA) is 61.8 Å². The number of esters is 2. The van der Waals surface area contributed by atoms with Crippen molar-refractivity contribution in [3.05, 3.63) is 70.8 Å². The van der Waals surface area contributed by atoms with E-state index < -0.39 is 35.3 Å². The molecule has 1 saturated heterocycles. The Labute approximate surface area is 162 Å². The molecule has 1 unspecified atom stereocenters. The zero-order valence-electron chi connectivity index (χ0n) is 15.0. The van der Waals surface area contributed by atoms with Crippen LogP contribution in [0.2, 0.25) is 0 Å². The van der Waals surface area contributed by atoms with E-state index in [0.29, 0.717) is 11.1 Å². The van der Waals surface area contributed by atoms with Crippen molar-refractivity contribution >= 4 is 23.5 Å². The average Bonchev–Trinajstić information content (AvgIpc) is 3.02. The Balaban J connectivity index is 1.48. The minimum atomic E-state index is -1.02. The number of hydrogen-bond donors (Lipinski definition) is 0. The Bertz CT molecular complexity index is 876. The van der Waals surface area contributed by atoms with Crippen LogP contribution in [-0.4, -0.2) is 35.3 Å². The van der Waals surface area contributed by atoms with Crippen molar-refractivity contribution in [2.45, 2.75) is 43.6 Å². The number of ether oxygens (including phenoxy) is 3. The van der Waals surface area contributed by atoms with E-state index in [4.69, 9.17) is 25.8 Å². The van der Waals surface area contributed by atoms with Gasteiger partial charge in [-0.2, -0.15) is 0 Å². The fourth-order valence-corrected chi connectivity index (χ4v) is 3.69. The van der Waals surface area contributed by atoms with Crippen LogP contribution < -0.4 is 0 Å². The first-order chi connectivity index (χ1) is 12.9. The molecule has 27 heavy (non-hydrogen) atoms. The Morgan fingerprint density at radius 3 is 2.04 bits per heavy atom. The van der Waals surface area contributed by atoms with Crippen LogP contribution in [0, 0.1) is 13.8 Å². The van der Waals surface area contributed by atoms with Crippen LogP contribution in [0.3, 0.4) is 0 Å². The molecule has 2 fully saturated rings. The summed E-state index contributed by atoms with van der Waals surface area (Å²) in [5, 5.41) is 0. The van der Waals surface area contributed by atoms with Crippen molar-refractivity contribution in [1.29, 1.82) is 0 Å². The second kappa shape index (κ2) is 6.66. The Morgan fingerprint density at radius 1 is 0.963 bits per heavy atom. The van der Waals surface area contributed by atoms with Crippen molar-refractivity contribution in [3.63, 3.8) is 0 Å². The van der Waals surface area contributed by atoms with Gasteiger partial charge in [-0.25, -0.2) is 9.59 Å². The molecule has 2 aromatic rings. The number of halogens is 1. The van der Waals surface area contributed by atoms with E-state index in [1.807, 2.05) is 38.1 Å². The van der Waals surface area contributed by atoms with Gasteiger partial charge in [-0.05, 0) is 38.1 Å². The van der Waals surface area contributed by atoms with Gasteiger partial charge in [0.15, 0.2) is 11.7 Å². The third kappa shape index (κ3) is 3.33. The fraction of sp³-hybridized carbons (Fsp3) is 0.333. The summed E-state index contributed by atoms with van der Waals surface area (Å²) in [7, 11) is 0. The van der Waals surface area contributed by atoms with Gasteiger partial charge in [0, 0.05) is 6.42 Å². The molecular weight excluding hydrogens is 368 g/mol. The molecule has 0 radical (unpaired) electrons.